The summed E-state index contributed by atoms with van der Waals surface area (Å²) in [4.78, 5) is 16.7. The summed E-state index contributed by atoms with van der Waals surface area (Å²) in [5.41, 5.74) is 0.471. The number of methoxy groups -OCH3 is 1. The number of benzene rings is 1. The summed E-state index contributed by atoms with van der Waals surface area (Å²) < 4.78 is 6.62. The van der Waals surface area contributed by atoms with Gasteiger partial charge in [0.05, 0.1) is 36.5 Å². The van der Waals surface area contributed by atoms with Crippen molar-refractivity contribution in [3.8, 4) is 5.75 Å². The largest absolute Gasteiger partial charge is 0.497 e. The van der Waals surface area contributed by atoms with E-state index < -0.39 is 6.10 Å². The summed E-state index contributed by atoms with van der Waals surface area (Å²) in [6.07, 6.45) is 0.931. The molecule has 2 heterocycles. The average Bonchev–Trinajstić information content (AvgIpc) is 2.85. The highest BCUT2D eigenvalue weighted by Gasteiger charge is 2.27. The van der Waals surface area contributed by atoms with E-state index in [-0.39, 0.29) is 24.0 Å². The summed E-state index contributed by atoms with van der Waals surface area (Å²) >= 11 is 0. The van der Waals surface area contributed by atoms with Crippen LogP contribution in [0.5, 0.6) is 5.75 Å². The molecule has 1 aliphatic rings. The number of hydrogen-bond acceptors (Lipinski definition) is 5. The van der Waals surface area contributed by atoms with Gasteiger partial charge in [-0.3, -0.25) is 9.36 Å². The van der Waals surface area contributed by atoms with E-state index in [0.29, 0.717) is 29.7 Å². The fourth-order valence-corrected chi connectivity index (χ4v) is 2.41. The number of hydrogen-bond donors (Lipinski definition) is 2. The highest BCUT2D eigenvalue weighted by atomic mass is 35.5. The lowest BCUT2D eigenvalue weighted by Gasteiger charge is -2.16. The third-order valence-electron chi connectivity index (χ3n) is 3.50. The van der Waals surface area contributed by atoms with Crippen molar-refractivity contribution >= 4 is 23.3 Å². The van der Waals surface area contributed by atoms with Crippen molar-refractivity contribution < 1.29 is 9.84 Å². The standard InChI is InChI=1S/C13H15N3O3.ClH/c1-19-8-2-3-10-9(4-8)13(18)16(7-15-10)11-5-14-6-12(11)17;/h2-4,7,11-12,14,17H,5-6H2,1H3;1H/t11-,12-;/m1./s1. The molecule has 1 aliphatic heterocycles. The van der Waals surface area contributed by atoms with Gasteiger partial charge in [-0.15, -0.1) is 12.4 Å². The Morgan fingerprint density at radius 2 is 2.25 bits per heavy atom. The molecule has 2 N–H and O–H groups in total. The lowest BCUT2D eigenvalue weighted by molar-refractivity contribution is 0.149. The molecule has 108 valence electrons. The van der Waals surface area contributed by atoms with E-state index in [4.69, 9.17) is 4.74 Å². The first-order valence-corrected chi connectivity index (χ1v) is 6.14. The Morgan fingerprint density at radius 3 is 2.90 bits per heavy atom. The second-order valence-electron chi connectivity index (χ2n) is 4.63. The topological polar surface area (TPSA) is 76.4 Å². The predicted octanol–water partition coefficient (Wildman–Crippen LogP) is 0.332. The fraction of sp³-hybridized carbons (Fsp3) is 0.385. The van der Waals surface area contributed by atoms with E-state index >= 15 is 0 Å². The maximum Gasteiger partial charge on any atom is 0.261 e. The number of aliphatic hydroxyl groups is 1. The first kappa shape index (κ1) is 14.8. The summed E-state index contributed by atoms with van der Waals surface area (Å²) in [5, 5.41) is 13.4. The second kappa shape index (κ2) is 5.78. The molecule has 0 radical (unpaired) electrons. The molecule has 6 nitrogen and oxygen atoms in total. The number of nitrogens with one attached hydrogen (secondary N) is 1. The van der Waals surface area contributed by atoms with Crippen LogP contribution in [0.4, 0.5) is 0 Å². The summed E-state index contributed by atoms with van der Waals surface area (Å²) in [7, 11) is 1.56. The van der Waals surface area contributed by atoms with Gasteiger partial charge >= 0.3 is 0 Å². The van der Waals surface area contributed by atoms with E-state index in [9.17, 15) is 9.90 Å². The first-order valence-electron chi connectivity index (χ1n) is 6.14. The number of nitrogens with zero attached hydrogens (tertiary/aromatic N) is 2. The third-order valence-corrected chi connectivity index (χ3v) is 3.50. The Balaban J connectivity index is 0.00000147. The van der Waals surface area contributed by atoms with Crippen LogP contribution in [-0.2, 0) is 0 Å². The molecule has 1 saturated heterocycles. The Bertz CT molecular complexity index is 673. The molecule has 0 unspecified atom stereocenters. The average molecular weight is 298 g/mol. The van der Waals surface area contributed by atoms with Gasteiger partial charge in [-0.25, -0.2) is 4.98 Å². The molecule has 2 atom stereocenters. The minimum Gasteiger partial charge on any atom is -0.497 e. The minimum atomic E-state index is -0.567. The van der Waals surface area contributed by atoms with Gasteiger partial charge < -0.3 is 15.2 Å². The zero-order valence-electron chi connectivity index (χ0n) is 10.9. The molecule has 20 heavy (non-hydrogen) atoms. The third kappa shape index (κ3) is 2.37. The number of halogens is 1. The van der Waals surface area contributed by atoms with Crippen LogP contribution < -0.4 is 15.6 Å². The van der Waals surface area contributed by atoms with Crippen molar-refractivity contribution in [3.05, 3.63) is 34.9 Å². The van der Waals surface area contributed by atoms with Crippen LogP contribution in [-0.4, -0.2) is 41.0 Å². The number of ether oxygens (including phenoxy) is 1. The highest BCUT2D eigenvalue weighted by Crippen LogP contribution is 2.18. The van der Waals surface area contributed by atoms with E-state index in [0.717, 1.165) is 0 Å². The Morgan fingerprint density at radius 1 is 1.45 bits per heavy atom. The van der Waals surface area contributed by atoms with Crippen LogP contribution in [0.2, 0.25) is 0 Å². The van der Waals surface area contributed by atoms with Crippen LogP contribution >= 0.6 is 12.4 Å². The Kier molecular flexibility index (Phi) is 4.27. The molecular formula is C13H16ClN3O3. The molecule has 1 fully saturated rings. The maximum absolute atomic E-state index is 12.5. The molecule has 0 bridgehead atoms. The number of fused-ring (bicyclic) bond motifs is 1. The molecule has 2 aromatic rings. The van der Waals surface area contributed by atoms with Crippen LogP contribution in [0.3, 0.4) is 0 Å². The molecule has 7 heteroatoms. The molecule has 0 aliphatic carbocycles. The van der Waals surface area contributed by atoms with Gasteiger partial charge in [-0.1, -0.05) is 0 Å². The van der Waals surface area contributed by atoms with Crippen molar-refractivity contribution in [2.24, 2.45) is 0 Å². The van der Waals surface area contributed by atoms with Crippen molar-refractivity contribution in [2.75, 3.05) is 20.2 Å². The van der Waals surface area contributed by atoms with Crippen LogP contribution in [0.1, 0.15) is 6.04 Å². The van der Waals surface area contributed by atoms with Gasteiger partial charge in [0.25, 0.3) is 5.56 Å². The quantitative estimate of drug-likeness (QED) is 0.835. The summed E-state index contributed by atoms with van der Waals surface area (Å²) in [6, 6.07) is 4.93. The number of β-amino-alcohol motifs (C(OH)–C–C–N with tert-alkyl or cyclic N) is 1. The molecule has 0 amide bonds. The molecule has 0 spiro atoms. The van der Waals surface area contributed by atoms with Gasteiger partial charge in [-0.05, 0) is 18.2 Å². The van der Waals surface area contributed by atoms with Crippen LogP contribution in [0.25, 0.3) is 10.9 Å². The Hall–Kier alpha value is -1.63. The van der Waals surface area contributed by atoms with Crippen molar-refractivity contribution in [2.45, 2.75) is 12.1 Å². The lowest BCUT2D eigenvalue weighted by atomic mass is 10.2. The number of aliphatic hydroxyl groups excluding tert-OH is 1. The minimum absolute atomic E-state index is 0. The molecular weight excluding hydrogens is 282 g/mol. The maximum atomic E-state index is 12.5. The first-order chi connectivity index (χ1) is 9.20. The molecule has 0 saturated carbocycles. The van der Waals surface area contributed by atoms with Gasteiger partial charge in [0.15, 0.2) is 0 Å². The summed E-state index contributed by atoms with van der Waals surface area (Å²) in [5.74, 6) is 0.620. The van der Waals surface area contributed by atoms with E-state index in [1.807, 2.05) is 0 Å². The van der Waals surface area contributed by atoms with Crippen LogP contribution in [0.15, 0.2) is 29.3 Å². The zero-order chi connectivity index (χ0) is 13.4. The smallest absolute Gasteiger partial charge is 0.261 e. The van der Waals surface area contributed by atoms with Crippen LogP contribution in [0, 0.1) is 0 Å². The van der Waals surface area contributed by atoms with Gasteiger partial charge in [0.1, 0.15) is 5.75 Å². The van der Waals surface area contributed by atoms with Gasteiger partial charge in [0, 0.05) is 13.1 Å². The van der Waals surface area contributed by atoms with Crippen molar-refractivity contribution in [3.63, 3.8) is 0 Å². The van der Waals surface area contributed by atoms with E-state index in [1.54, 1.807) is 25.3 Å². The Labute approximate surface area is 121 Å². The molecule has 1 aromatic heterocycles. The second-order valence-corrected chi connectivity index (χ2v) is 4.63. The number of rotatable bonds is 2. The lowest BCUT2D eigenvalue weighted by Crippen LogP contribution is -2.31. The fourth-order valence-electron chi connectivity index (χ4n) is 2.41. The highest BCUT2D eigenvalue weighted by molar-refractivity contribution is 5.85. The molecule has 3 rings (SSSR count). The van der Waals surface area contributed by atoms with Gasteiger partial charge in [0.2, 0.25) is 0 Å². The van der Waals surface area contributed by atoms with Crippen molar-refractivity contribution in [1.82, 2.24) is 14.9 Å². The molecule has 1 aromatic carbocycles. The summed E-state index contributed by atoms with van der Waals surface area (Å²) in [6.45, 7) is 1.06. The number of aromatic nitrogens is 2. The monoisotopic (exact) mass is 297 g/mol. The predicted molar refractivity (Wildman–Crippen MR) is 77.7 cm³/mol. The zero-order valence-corrected chi connectivity index (χ0v) is 11.8. The SMILES string of the molecule is COc1ccc2ncn([C@@H]3CNC[C@H]3O)c(=O)c2c1.Cl. The van der Waals surface area contributed by atoms with E-state index in [2.05, 4.69) is 10.3 Å². The van der Waals surface area contributed by atoms with Crippen molar-refractivity contribution in [1.29, 1.82) is 0 Å². The van der Waals surface area contributed by atoms with E-state index in [1.165, 1.54) is 10.9 Å². The van der Waals surface area contributed by atoms with Gasteiger partial charge in [-0.2, -0.15) is 0 Å². The normalized spacial score (nSPS) is 21.7.